The van der Waals surface area contributed by atoms with Crippen molar-refractivity contribution in [3.63, 3.8) is 0 Å². The number of hydrogen-bond acceptors (Lipinski definition) is 0. The van der Waals surface area contributed by atoms with Crippen LogP contribution in [-0.4, -0.2) is 14.5 Å². The molecule has 0 heterocycles. The molecule has 0 unspecified atom stereocenters. The van der Waals surface area contributed by atoms with Crippen LogP contribution in [0.5, 0.6) is 0 Å². The number of halogens is 1. The summed E-state index contributed by atoms with van der Waals surface area (Å²) in [4.78, 5) is 0. The van der Waals surface area contributed by atoms with E-state index in [0.717, 1.165) is 0 Å². The van der Waals surface area contributed by atoms with Crippen LogP contribution in [0.3, 0.4) is 0 Å². The van der Waals surface area contributed by atoms with Crippen molar-refractivity contribution in [1.82, 2.24) is 0 Å². The molecule has 3 rings (SSSR count). The van der Waals surface area contributed by atoms with Gasteiger partial charge >= 0.3 is 246 Å². The van der Waals surface area contributed by atoms with Gasteiger partial charge in [0.15, 0.2) is 0 Å². The first kappa shape index (κ1) is 31.0. The van der Waals surface area contributed by atoms with Crippen molar-refractivity contribution >= 4 is 28.9 Å². The number of hydrogen-bond donors (Lipinski definition) is 0. The average Bonchev–Trinajstić information content (AvgIpc) is 2.86. The summed E-state index contributed by atoms with van der Waals surface area (Å²) in [5.74, 6) is 2.81. The monoisotopic (exact) mass is 592 g/mol. The molecular weight excluding hydrogens is 540 g/mol. The van der Waals surface area contributed by atoms with Crippen molar-refractivity contribution in [2.75, 3.05) is 0 Å². The van der Waals surface area contributed by atoms with E-state index in [1.165, 1.54) is 60.0 Å². The van der Waals surface area contributed by atoms with Crippen LogP contribution in [0.1, 0.15) is 152 Å². The molecule has 0 radical (unpaired) electrons. The van der Waals surface area contributed by atoms with E-state index < -0.39 is 14.5 Å². The predicted octanol–water partition coefficient (Wildman–Crippen LogP) is 10.7. The van der Waals surface area contributed by atoms with E-state index in [4.69, 9.17) is 10.0 Å². The van der Waals surface area contributed by atoms with Crippen LogP contribution >= 0.6 is 10.0 Å². The van der Waals surface area contributed by atoms with Gasteiger partial charge in [0.25, 0.3) is 0 Å². The molecule has 0 amide bonds. The van der Waals surface area contributed by atoms with Crippen molar-refractivity contribution in [2.45, 2.75) is 119 Å². The maximum absolute atomic E-state index is 7.12. The van der Waals surface area contributed by atoms with Crippen molar-refractivity contribution in [1.29, 1.82) is 0 Å². The molecule has 0 saturated heterocycles. The fourth-order valence-electron chi connectivity index (χ4n) is 5.73. The van der Waals surface area contributed by atoms with Crippen LogP contribution in [-0.2, 0) is 0 Å². The van der Waals surface area contributed by atoms with Gasteiger partial charge in [0.2, 0.25) is 0 Å². The Kier molecular flexibility index (Phi) is 10.4. The average molecular weight is 592 g/mol. The zero-order chi connectivity index (χ0) is 28.5. The second-order valence-electron chi connectivity index (χ2n) is 13.0. The molecule has 0 saturated carbocycles. The summed E-state index contributed by atoms with van der Waals surface area (Å²) in [5, 5.41) is 0. The van der Waals surface area contributed by atoms with Gasteiger partial charge in [0.05, 0.1) is 0 Å². The van der Waals surface area contributed by atoms with Crippen LogP contribution < -0.4 is 4.40 Å². The molecule has 0 aliphatic heterocycles. The van der Waals surface area contributed by atoms with Crippen molar-refractivity contribution in [3.8, 4) is 22.3 Å². The van der Waals surface area contributed by atoms with Crippen LogP contribution in [0.15, 0.2) is 42.5 Å². The number of rotatable bonds is 9. The Labute approximate surface area is 244 Å². The van der Waals surface area contributed by atoms with E-state index in [9.17, 15) is 0 Å². The van der Waals surface area contributed by atoms with E-state index in [0.29, 0.717) is 35.5 Å². The van der Waals surface area contributed by atoms with E-state index in [-0.39, 0.29) is 0 Å². The van der Waals surface area contributed by atoms with Crippen molar-refractivity contribution in [2.24, 2.45) is 0 Å². The second kappa shape index (κ2) is 12.8. The first-order valence-electron chi connectivity index (χ1n) is 14.8. The summed E-state index contributed by atoms with van der Waals surface area (Å²) < 4.78 is 1.45. The molecule has 206 valence electrons. The molecule has 0 aliphatic rings. The molecule has 38 heavy (non-hydrogen) atoms. The zero-order valence-corrected chi connectivity index (χ0v) is 29.8. The van der Waals surface area contributed by atoms with Crippen LogP contribution in [0.4, 0.5) is 0 Å². The minimum atomic E-state index is -1.52. The zero-order valence-electron chi connectivity index (χ0n) is 26.1. The van der Waals surface area contributed by atoms with E-state index in [1.54, 1.807) is 0 Å². The molecular formula is C36H51ClGe. The van der Waals surface area contributed by atoms with Gasteiger partial charge in [-0.15, -0.1) is 0 Å². The first-order valence-corrected chi connectivity index (χ1v) is 20.2. The summed E-state index contributed by atoms with van der Waals surface area (Å²) in [6.45, 7) is 28.0. The normalized spacial score (nSPS) is 12.6. The Hall–Kier alpha value is -1.51. The van der Waals surface area contributed by atoms with Crippen LogP contribution in [0.2, 0.25) is 0 Å². The fraction of sp³-hybridized carbons (Fsp3) is 0.500. The molecule has 0 fully saturated rings. The molecule has 0 N–H and O–H groups in total. The van der Waals surface area contributed by atoms with Gasteiger partial charge in [-0.1, -0.05) is 0 Å². The van der Waals surface area contributed by atoms with E-state index in [1.807, 2.05) is 0 Å². The topological polar surface area (TPSA) is 0 Å². The summed E-state index contributed by atoms with van der Waals surface area (Å²) in [7, 11) is 7.12. The molecule has 0 nitrogen and oxygen atoms in total. The molecule has 2 heteroatoms. The summed E-state index contributed by atoms with van der Waals surface area (Å²) >= 11 is -1.52. The van der Waals surface area contributed by atoms with Gasteiger partial charge in [-0.3, -0.25) is 0 Å². The Morgan fingerprint density at radius 3 is 0.974 bits per heavy atom. The van der Waals surface area contributed by atoms with Crippen LogP contribution in [0.25, 0.3) is 22.3 Å². The van der Waals surface area contributed by atoms with Gasteiger partial charge < -0.3 is 0 Å². The van der Waals surface area contributed by atoms with Gasteiger partial charge in [-0.2, -0.15) is 0 Å². The van der Waals surface area contributed by atoms with E-state index >= 15 is 0 Å². The predicted molar refractivity (Wildman–Crippen MR) is 176 cm³/mol. The molecule has 0 atom stereocenters. The minimum absolute atomic E-state index is 0.448. The Bertz CT molecular complexity index is 1110. The second-order valence-corrected chi connectivity index (χ2v) is 16.5. The van der Waals surface area contributed by atoms with Gasteiger partial charge in [0.1, 0.15) is 0 Å². The molecule has 0 spiro atoms. The fourth-order valence-corrected chi connectivity index (χ4v) is 9.07. The van der Waals surface area contributed by atoms with Gasteiger partial charge in [-0.05, 0) is 0 Å². The molecule has 0 bridgehead atoms. The summed E-state index contributed by atoms with van der Waals surface area (Å²) in [6.07, 6.45) is 0. The third kappa shape index (κ3) is 6.28. The van der Waals surface area contributed by atoms with Crippen molar-refractivity contribution in [3.05, 3.63) is 75.8 Å². The standard InChI is InChI=1S/C36H51ClGe/c1-20(2)26-16-30(22(5)6)34(31(17-26)23(7)8)28-14-13-15-29(36(28)38-37)35-32(24(9)10)18-27(21(3)4)19-33(35)25(11)12/h13-25H,38H2,1-12H3. The SMILES string of the molecule is CC(C)c1cc(C(C)C)c(-c2cccc(-c3c(C(C)C)cc(C(C)C)cc3C(C)C)[c]2[GeH2][Cl])c(C(C)C)c1. The Morgan fingerprint density at radius 1 is 0.474 bits per heavy atom. The van der Waals surface area contributed by atoms with Gasteiger partial charge in [-0.25, -0.2) is 0 Å². The molecule has 3 aromatic carbocycles. The molecule has 3 aromatic rings. The number of benzene rings is 3. The molecule has 0 aromatic heterocycles. The summed E-state index contributed by atoms with van der Waals surface area (Å²) in [6, 6.07) is 16.9. The molecule has 0 aliphatic carbocycles. The maximum atomic E-state index is 7.12. The van der Waals surface area contributed by atoms with Crippen LogP contribution in [0, 0.1) is 0 Å². The van der Waals surface area contributed by atoms with Gasteiger partial charge in [0, 0.05) is 0 Å². The Morgan fingerprint density at radius 2 is 0.763 bits per heavy atom. The Balaban J connectivity index is 2.49. The third-order valence-corrected chi connectivity index (χ3v) is 11.7. The van der Waals surface area contributed by atoms with Crippen molar-refractivity contribution < 1.29 is 0 Å². The quantitative estimate of drug-likeness (QED) is 0.217. The third-order valence-electron chi connectivity index (χ3n) is 8.11. The van der Waals surface area contributed by atoms with E-state index in [2.05, 4.69) is 126 Å². The first-order chi connectivity index (χ1) is 17.8. The summed E-state index contributed by atoms with van der Waals surface area (Å²) in [5.41, 5.74) is 14.4.